The van der Waals surface area contributed by atoms with Crippen molar-refractivity contribution in [1.82, 2.24) is 10.9 Å². The number of allylic oxidation sites excluding steroid dienone is 2. The van der Waals surface area contributed by atoms with E-state index in [-0.39, 0.29) is 35.9 Å². The molecule has 6 heteroatoms. The Morgan fingerprint density at radius 3 is 2.58 bits per heavy atom. The molecular formula is C18H22N2O4. The fourth-order valence-corrected chi connectivity index (χ4v) is 3.15. The molecule has 0 radical (unpaired) electrons. The van der Waals surface area contributed by atoms with Gasteiger partial charge in [0.25, 0.3) is 5.91 Å². The van der Waals surface area contributed by atoms with E-state index in [2.05, 4.69) is 30.8 Å². The van der Waals surface area contributed by atoms with Crippen molar-refractivity contribution in [3.05, 3.63) is 35.4 Å². The zero-order valence-corrected chi connectivity index (χ0v) is 14.3. The summed E-state index contributed by atoms with van der Waals surface area (Å²) in [7, 11) is 0. The second-order valence-electron chi connectivity index (χ2n) is 7.08. The van der Waals surface area contributed by atoms with Crippen LogP contribution >= 0.6 is 0 Å². The first-order valence-electron chi connectivity index (χ1n) is 7.95. The average molecular weight is 330 g/mol. The Balaban J connectivity index is 1.59. The van der Waals surface area contributed by atoms with Gasteiger partial charge in [0.2, 0.25) is 12.7 Å². The second-order valence-corrected chi connectivity index (χ2v) is 7.08. The largest absolute Gasteiger partial charge is 0.454 e. The van der Waals surface area contributed by atoms with Crippen molar-refractivity contribution >= 4 is 11.8 Å². The molecule has 2 aliphatic rings. The number of hydrazine groups is 1. The number of hydrogen-bond donors (Lipinski definition) is 2. The number of rotatable bonds is 3. The lowest BCUT2D eigenvalue weighted by molar-refractivity contribution is -0.123. The Morgan fingerprint density at radius 1 is 1.17 bits per heavy atom. The first kappa shape index (κ1) is 16.4. The fraction of sp³-hybridized carbons (Fsp3) is 0.444. The van der Waals surface area contributed by atoms with Crippen LogP contribution in [0.3, 0.4) is 0 Å². The summed E-state index contributed by atoms with van der Waals surface area (Å²) in [5, 5.41) is 0. The van der Waals surface area contributed by atoms with Gasteiger partial charge >= 0.3 is 0 Å². The molecule has 2 amide bonds. The molecule has 2 atom stereocenters. The first-order chi connectivity index (χ1) is 11.3. The van der Waals surface area contributed by atoms with Gasteiger partial charge in [-0.3, -0.25) is 20.4 Å². The standard InChI is InChI=1S/C18H22N2O4/c1-10(2)7-12-15(18(12,3)4)17(22)20-19-16(21)11-5-6-13-14(8-11)24-9-23-13/h5-8,12,15H,9H2,1-4H3,(H,19,21)(H,20,22)/t12-,15+/m0/s1. The molecule has 24 heavy (non-hydrogen) atoms. The number of hydrogen-bond acceptors (Lipinski definition) is 4. The molecule has 0 bridgehead atoms. The van der Waals surface area contributed by atoms with Crippen molar-refractivity contribution in [2.24, 2.45) is 17.3 Å². The minimum absolute atomic E-state index is 0.0924. The van der Waals surface area contributed by atoms with Gasteiger partial charge in [-0.15, -0.1) is 0 Å². The molecule has 0 saturated heterocycles. The smallest absolute Gasteiger partial charge is 0.269 e. The van der Waals surface area contributed by atoms with Crippen molar-refractivity contribution in [2.45, 2.75) is 27.7 Å². The van der Waals surface area contributed by atoms with Gasteiger partial charge in [0.15, 0.2) is 11.5 Å². The predicted octanol–water partition coefficient (Wildman–Crippen LogP) is 2.41. The van der Waals surface area contributed by atoms with Gasteiger partial charge < -0.3 is 9.47 Å². The molecule has 0 unspecified atom stereocenters. The summed E-state index contributed by atoms with van der Waals surface area (Å²) in [6.45, 7) is 8.30. The molecule has 6 nitrogen and oxygen atoms in total. The average Bonchev–Trinajstić information content (AvgIpc) is 2.88. The summed E-state index contributed by atoms with van der Waals surface area (Å²) >= 11 is 0. The van der Waals surface area contributed by atoms with Crippen LogP contribution < -0.4 is 20.3 Å². The number of carbonyl (C=O) groups is 2. The first-order valence-corrected chi connectivity index (χ1v) is 7.95. The predicted molar refractivity (Wildman–Crippen MR) is 88.4 cm³/mol. The highest BCUT2D eigenvalue weighted by atomic mass is 16.7. The van der Waals surface area contributed by atoms with E-state index in [1.807, 2.05) is 13.8 Å². The highest BCUT2D eigenvalue weighted by molar-refractivity contribution is 5.96. The van der Waals surface area contributed by atoms with Crippen LogP contribution in [-0.2, 0) is 4.79 Å². The van der Waals surface area contributed by atoms with Gasteiger partial charge in [-0.25, -0.2) is 0 Å². The summed E-state index contributed by atoms with van der Waals surface area (Å²) in [5.74, 6) is 0.644. The maximum absolute atomic E-state index is 12.3. The molecule has 1 aliphatic carbocycles. The van der Waals surface area contributed by atoms with Crippen LogP contribution in [0, 0.1) is 17.3 Å². The minimum Gasteiger partial charge on any atom is -0.454 e. The van der Waals surface area contributed by atoms with Gasteiger partial charge in [-0.2, -0.15) is 0 Å². The summed E-state index contributed by atoms with van der Waals surface area (Å²) in [4.78, 5) is 24.5. The van der Waals surface area contributed by atoms with Crippen LogP contribution in [0.1, 0.15) is 38.1 Å². The summed E-state index contributed by atoms with van der Waals surface area (Å²) in [6, 6.07) is 4.90. The quantitative estimate of drug-likeness (QED) is 0.659. The minimum atomic E-state index is -0.390. The number of nitrogens with one attached hydrogen (secondary N) is 2. The van der Waals surface area contributed by atoms with E-state index < -0.39 is 0 Å². The lowest BCUT2D eigenvalue weighted by Gasteiger charge is -2.08. The highest BCUT2D eigenvalue weighted by Gasteiger charge is 2.60. The Morgan fingerprint density at radius 2 is 1.88 bits per heavy atom. The molecule has 1 saturated carbocycles. The van der Waals surface area contributed by atoms with Crippen molar-refractivity contribution < 1.29 is 19.1 Å². The van der Waals surface area contributed by atoms with E-state index in [9.17, 15) is 9.59 Å². The van der Waals surface area contributed by atoms with Crippen molar-refractivity contribution in [1.29, 1.82) is 0 Å². The van der Waals surface area contributed by atoms with Crippen molar-refractivity contribution in [2.75, 3.05) is 6.79 Å². The van der Waals surface area contributed by atoms with Crippen LogP contribution in [0.2, 0.25) is 0 Å². The molecule has 1 aliphatic heterocycles. The zero-order chi connectivity index (χ0) is 17.5. The van der Waals surface area contributed by atoms with Crippen LogP contribution in [0.25, 0.3) is 0 Å². The van der Waals surface area contributed by atoms with Gasteiger partial charge in [0.1, 0.15) is 0 Å². The number of amides is 2. The highest BCUT2D eigenvalue weighted by Crippen LogP contribution is 2.59. The monoisotopic (exact) mass is 330 g/mol. The number of ether oxygens (including phenoxy) is 2. The Bertz CT molecular complexity index is 720. The number of carbonyl (C=O) groups excluding carboxylic acids is 2. The molecule has 1 aromatic rings. The van der Waals surface area contributed by atoms with E-state index >= 15 is 0 Å². The number of fused-ring (bicyclic) bond motifs is 1. The molecule has 1 aromatic carbocycles. The van der Waals surface area contributed by atoms with E-state index in [1.54, 1.807) is 18.2 Å². The van der Waals surface area contributed by atoms with Crippen LogP contribution in [0.5, 0.6) is 11.5 Å². The van der Waals surface area contributed by atoms with Gasteiger partial charge in [-0.05, 0) is 43.4 Å². The van der Waals surface area contributed by atoms with E-state index in [4.69, 9.17) is 9.47 Å². The Kier molecular flexibility index (Phi) is 3.99. The van der Waals surface area contributed by atoms with Crippen LogP contribution in [0.15, 0.2) is 29.8 Å². The normalized spacial score (nSPS) is 22.5. The topological polar surface area (TPSA) is 76.7 Å². The molecule has 1 heterocycles. The SMILES string of the molecule is CC(C)=C[C@H]1[C@H](C(=O)NNC(=O)c2ccc3c(c2)OCO3)C1(C)C. The lowest BCUT2D eigenvalue weighted by Crippen LogP contribution is -2.43. The van der Waals surface area contributed by atoms with Gasteiger partial charge in [0.05, 0.1) is 5.92 Å². The van der Waals surface area contributed by atoms with E-state index in [1.165, 1.54) is 5.57 Å². The molecule has 1 fully saturated rings. The second kappa shape index (κ2) is 5.85. The third kappa shape index (κ3) is 2.96. The van der Waals surface area contributed by atoms with E-state index in [0.717, 1.165) is 0 Å². The van der Waals surface area contributed by atoms with Crippen molar-refractivity contribution in [3.8, 4) is 11.5 Å². The summed E-state index contributed by atoms with van der Waals surface area (Å²) in [5.41, 5.74) is 6.49. The maximum Gasteiger partial charge on any atom is 0.269 e. The summed E-state index contributed by atoms with van der Waals surface area (Å²) in [6.07, 6.45) is 2.11. The Hall–Kier alpha value is -2.50. The van der Waals surface area contributed by atoms with E-state index in [0.29, 0.717) is 17.1 Å². The Labute approximate surface area is 141 Å². The third-order valence-corrected chi connectivity index (χ3v) is 4.64. The van der Waals surface area contributed by atoms with Gasteiger partial charge in [0, 0.05) is 5.56 Å². The zero-order valence-electron chi connectivity index (χ0n) is 14.3. The van der Waals surface area contributed by atoms with Crippen molar-refractivity contribution in [3.63, 3.8) is 0 Å². The summed E-state index contributed by atoms with van der Waals surface area (Å²) < 4.78 is 10.5. The molecule has 0 spiro atoms. The fourth-order valence-electron chi connectivity index (χ4n) is 3.15. The van der Waals surface area contributed by atoms with Crippen LogP contribution in [-0.4, -0.2) is 18.6 Å². The molecule has 0 aromatic heterocycles. The number of benzene rings is 1. The lowest BCUT2D eigenvalue weighted by atomic mass is 10.1. The molecule has 2 N–H and O–H groups in total. The molecule has 128 valence electrons. The van der Waals surface area contributed by atoms with Gasteiger partial charge in [-0.1, -0.05) is 25.5 Å². The molecular weight excluding hydrogens is 308 g/mol. The third-order valence-electron chi connectivity index (χ3n) is 4.64. The molecule has 3 rings (SSSR count). The van der Waals surface area contributed by atoms with Crippen LogP contribution in [0.4, 0.5) is 0 Å². The maximum atomic E-state index is 12.3.